The Kier molecular flexibility index (Phi) is 4.65. The molecular weight excluding hydrogens is 205 g/mol. The summed E-state index contributed by atoms with van der Waals surface area (Å²) in [5.41, 5.74) is 0.421. The van der Waals surface area contributed by atoms with E-state index < -0.39 is 0 Å². The van der Waals surface area contributed by atoms with Crippen molar-refractivity contribution in [1.82, 2.24) is 9.97 Å². The van der Waals surface area contributed by atoms with Gasteiger partial charge in [-0.25, -0.2) is 14.4 Å². The van der Waals surface area contributed by atoms with Crippen LogP contribution in [0.4, 0.5) is 10.2 Å². The van der Waals surface area contributed by atoms with Crippen molar-refractivity contribution in [3.8, 4) is 0 Å². The first kappa shape index (κ1) is 12.9. The van der Waals surface area contributed by atoms with Crippen molar-refractivity contribution < 1.29 is 4.39 Å². The van der Waals surface area contributed by atoms with Crippen LogP contribution in [0.1, 0.15) is 38.7 Å². The van der Waals surface area contributed by atoms with Gasteiger partial charge in [0.15, 0.2) is 11.6 Å². The van der Waals surface area contributed by atoms with Crippen molar-refractivity contribution in [3.63, 3.8) is 0 Å². The minimum atomic E-state index is -0.332. The molecule has 0 fully saturated rings. The van der Waals surface area contributed by atoms with Crippen LogP contribution < -0.4 is 5.32 Å². The van der Waals surface area contributed by atoms with Crippen LogP contribution in [0.15, 0.2) is 0 Å². The van der Waals surface area contributed by atoms with Crippen molar-refractivity contribution in [1.29, 1.82) is 0 Å². The number of nitrogens with one attached hydrogen (secondary N) is 1. The van der Waals surface area contributed by atoms with Crippen LogP contribution in [-0.4, -0.2) is 16.5 Å². The van der Waals surface area contributed by atoms with Crippen LogP contribution in [0.5, 0.6) is 0 Å². The Hall–Kier alpha value is -1.19. The molecule has 1 N–H and O–H groups in total. The molecule has 0 aromatic carbocycles. The van der Waals surface area contributed by atoms with Crippen LogP contribution in [0, 0.1) is 18.7 Å². The number of nitrogens with zero attached hydrogens (tertiary/aromatic N) is 2. The van der Waals surface area contributed by atoms with Gasteiger partial charge in [-0.2, -0.15) is 0 Å². The van der Waals surface area contributed by atoms with Gasteiger partial charge in [0.05, 0.1) is 5.69 Å². The molecule has 4 heteroatoms. The summed E-state index contributed by atoms with van der Waals surface area (Å²) in [6, 6.07) is 0. The van der Waals surface area contributed by atoms with Gasteiger partial charge in [-0.1, -0.05) is 20.8 Å². The summed E-state index contributed by atoms with van der Waals surface area (Å²) in [7, 11) is 0. The summed E-state index contributed by atoms with van der Waals surface area (Å²) >= 11 is 0. The topological polar surface area (TPSA) is 37.8 Å². The SMILES string of the molecule is CCCNc1nc(CC(C)C)nc(C)c1F. The highest BCUT2D eigenvalue weighted by atomic mass is 19.1. The molecular formula is C12H20FN3. The fourth-order valence-electron chi connectivity index (χ4n) is 1.43. The summed E-state index contributed by atoms with van der Waals surface area (Å²) in [6.07, 6.45) is 1.73. The largest absolute Gasteiger partial charge is 0.368 e. The van der Waals surface area contributed by atoms with Gasteiger partial charge in [0.1, 0.15) is 5.82 Å². The molecule has 1 aromatic heterocycles. The number of aryl methyl sites for hydroxylation is 1. The molecule has 0 atom stereocenters. The van der Waals surface area contributed by atoms with Crippen LogP contribution in [-0.2, 0) is 6.42 Å². The molecule has 0 aliphatic rings. The average Bonchev–Trinajstić information content (AvgIpc) is 2.20. The van der Waals surface area contributed by atoms with Gasteiger partial charge < -0.3 is 5.32 Å². The van der Waals surface area contributed by atoms with E-state index in [4.69, 9.17) is 0 Å². The number of halogens is 1. The van der Waals surface area contributed by atoms with Gasteiger partial charge in [-0.3, -0.25) is 0 Å². The molecule has 0 saturated carbocycles. The van der Waals surface area contributed by atoms with Gasteiger partial charge in [-0.05, 0) is 19.3 Å². The van der Waals surface area contributed by atoms with Gasteiger partial charge in [0.2, 0.25) is 0 Å². The lowest BCUT2D eigenvalue weighted by Crippen LogP contribution is -2.11. The van der Waals surface area contributed by atoms with E-state index in [1.807, 2.05) is 6.92 Å². The van der Waals surface area contributed by atoms with E-state index in [-0.39, 0.29) is 5.82 Å². The molecule has 0 bridgehead atoms. The zero-order chi connectivity index (χ0) is 12.1. The fraction of sp³-hybridized carbons (Fsp3) is 0.667. The molecule has 90 valence electrons. The van der Waals surface area contributed by atoms with Gasteiger partial charge in [0, 0.05) is 13.0 Å². The third-order valence-electron chi connectivity index (χ3n) is 2.20. The molecule has 1 aromatic rings. The predicted octanol–water partition coefficient (Wildman–Crippen LogP) is 2.94. The Morgan fingerprint density at radius 3 is 2.56 bits per heavy atom. The Morgan fingerprint density at radius 1 is 1.31 bits per heavy atom. The lowest BCUT2D eigenvalue weighted by molar-refractivity contribution is 0.579. The number of rotatable bonds is 5. The molecule has 3 nitrogen and oxygen atoms in total. The third-order valence-corrected chi connectivity index (χ3v) is 2.20. The number of hydrogen-bond acceptors (Lipinski definition) is 3. The highest BCUT2D eigenvalue weighted by molar-refractivity contribution is 5.38. The summed E-state index contributed by atoms with van der Waals surface area (Å²) in [6.45, 7) is 8.64. The second-order valence-corrected chi connectivity index (χ2v) is 4.41. The minimum Gasteiger partial charge on any atom is -0.368 e. The van der Waals surface area contributed by atoms with E-state index in [1.165, 1.54) is 0 Å². The molecule has 1 rings (SSSR count). The molecule has 0 aliphatic heterocycles. The number of hydrogen-bond donors (Lipinski definition) is 1. The van der Waals surface area contributed by atoms with Crippen molar-refractivity contribution in [3.05, 3.63) is 17.3 Å². The molecule has 0 spiro atoms. The van der Waals surface area contributed by atoms with Gasteiger partial charge >= 0.3 is 0 Å². The van der Waals surface area contributed by atoms with E-state index in [0.717, 1.165) is 19.4 Å². The second kappa shape index (κ2) is 5.77. The van der Waals surface area contributed by atoms with Crippen molar-refractivity contribution in [2.24, 2.45) is 5.92 Å². The summed E-state index contributed by atoms with van der Waals surface area (Å²) < 4.78 is 13.7. The average molecular weight is 225 g/mol. The third kappa shape index (κ3) is 3.43. The zero-order valence-corrected chi connectivity index (χ0v) is 10.5. The second-order valence-electron chi connectivity index (χ2n) is 4.41. The maximum absolute atomic E-state index is 13.7. The lowest BCUT2D eigenvalue weighted by Gasteiger charge is -2.10. The number of aromatic nitrogens is 2. The summed E-state index contributed by atoms with van der Waals surface area (Å²) in [5.74, 6) is 1.20. The normalized spacial score (nSPS) is 10.9. The first-order chi connectivity index (χ1) is 7.54. The van der Waals surface area contributed by atoms with E-state index in [1.54, 1.807) is 6.92 Å². The maximum Gasteiger partial charge on any atom is 0.186 e. The van der Waals surface area contributed by atoms with E-state index in [9.17, 15) is 4.39 Å². The molecule has 1 heterocycles. The van der Waals surface area contributed by atoms with E-state index in [0.29, 0.717) is 23.3 Å². The molecule has 0 aliphatic carbocycles. The van der Waals surface area contributed by atoms with Crippen LogP contribution in [0.25, 0.3) is 0 Å². The quantitative estimate of drug-likeness (QED) is 0.837. The molecule has 0 unspecified atom stereocenters. The molecule has 16 heavy (non-hydrogen) atoms. The summed E-state index contributed by atoms with van der Waals surface area (Å²) in [4.78, 5) is 8.37. The highest BCUT2D eigenvalue weighted by Crippen LogP contribution is 2.15. The molecule has 0 amide bonds. The van der Waals surface area contributed by atoms with E-state index in [2.05, 4.69) is 29.1 Å². The van der Waals surface area contributed by atoms with Crippen molar-refractivity contribution in [2.45, 2.75) is 40.5 Å². The van der Waals surface area contributed by atoms with Crippen LogP contribution in [0.2, 0.25) is 0 Å². The monoisotopic (exact) mass is 225 g/mol. The lowest BCUT2D eigenvalue weighted by atomic mass is 10.1. The Balaban J connectivity index is 2.92. The van der Waals surface area contributed by atoms with E-state index >= 15 is 0 Å². The van der Waals surface area contributed by atoms with Crippen molar-refractivity contribution >= 4 is 5.82 Å². The molecule has 0 saturated heterocycles. The fourth-order valence-corrected chi connectivity index (χ4v) is 1.43. The van der Waals surface area contributed by atoms with Crippen LogP contribution >= 0.6 is 0 Å². The predicted molar refractivity (Wildman–Crippen MR) is 64.0 cm³/mol. The standard InChI is InChI=1S/C12H20FN3/c1-5-6-14-12-11(13)9(4)15-10(16-12)7-8(2)3/h8H,5-7H2,1-4H3,(H,14,15,16). The first-order valence-corrected chi connectivity index (χ1v) is 5.81. The minimum absolute atomic E-state index is 0.332. The Morgan fingerprint density at radius 2 is 2.00 bits per heavy atom. The Bertz CT molecular complexity index is 350. The smallest absolute Gasteiger partial charge is 0.186 e. The van der Waals surface area contributed by atoms with Gasteiger partial charge in [0.25, 0.3) is 0 Å². The van der Waals surface area contributed by atoms with Crippen LogP contribution in [0.3, 0.4) is 0 Å². The highest BCUT2D eigenvalue weighted by Gasteiger charge is 2.11. The number of anilines is 1. The maximum atomic E-state index is 13.7. The zero-order valence-electron chi connectivity index (χ0n) is 10.5. The summed E-state index contributed by atoms with van der Waals surface area (Å²) in [5, 5.41) is 2.99. The van der Waals surface area contributed by atoms with Gasteiger partial charge in [-0.15, -0.1) is 0 Å². The molecule has 0 radical (unpaired) electrons. The first-order valence-electron chi connectivity index (χ1n) is 5.81. The Labute approximate surface area is 96.5 Å². The van der Waals surface area contributed by atoms with Crippen molar-refractivity contribution in [2.75, 3.05) is 11.9 Å².